The number of halogens is 1. The third kappa shape index (κ3) is 4.32. The van der Waals surface area contributed by atoms with Crippen molar-refractivity contribution in [2.45, 2.75) is 13.0 Å². The van der Waals surface area contributed by atoms with Crippen molar-refractivity contribution in [3.63, 3.8) is 0 Å². The minimum Gasteiger partial charge on any atom is -0.369 e. The van der Waals surface area contributed by atoms with Crippen LogP contribution in [0.25, 0.3) is 0 Å². The molecule has 106 valence electrons. The first-order valence-electron chi connectivity index (χ1n) is 6.34. The summed E-state index contributed by atoms with van der Waals surface area (Å²) in [7, 11) is 0. The molecular weight excluding hydrogens is 278 g/mol. The number of aromatic nitrogens is 3. The maximum atomic E-state index is 11.2. The smallest absolute Gasteiger partial charge is 0.271 e. The molecule has 6 nitrogen and oxygen atoms in total. The third-order valence-corrected chi connectivity index (χ3v) is 3.02. The van der Waals surface area contributed by atoms with Crippen LogP contribution >= 0.6 is 11.6 Å². The average Bonchev–Trinajstić information content (AvgIpc) is 2.48. The van der Waals surface area contributed by atoms with E-state index in [1.807, 2.05) is 18.3 Å². The Balaban J connectivity index is 1.65. The van der Waals surface area contributed by atoms with E-state index >= 15 is 0 Å². The van der Waals surface area contributed by atoms with E-state index < -0.39 is 0 Å². The fraction of sp³-hybridized carbons (Fsp3) is 0.308. The molecule has 0 saturated heterocycles. The Kier molecular flexibility index (Phi) is 5.52. The number of hydrogen-bond donors (Lipinski definition) is 3. The number of H-pyrrole nitrogens is 1. The van der Waals surface area contributed by atoms with Crippen molar-refractivity contribution < 1.29 is 0 Å². The van der Waals surface area contributed by atoms with Gasteiger partial charge < -0.3 is 15.6 Å². The normalized spacial score (nSPS) is 10.4. The minimum absolute atomic E-state index is 0.0934. The second-order valence-corrected chi connectivity index (χ2v) is 4.59. The summed E-state index contributed by atoms with van der Waals surface area (Å²) in [6.45, 7) is 2.33. The molecule has 2 aromatic rings. The van der Waals surface area contributed by atoms with Crippen molar-refractivity contribution in [2.75, 3.05) is 18.4 Å². The van der Waals surface area contributed by atoms with Gasteiger partial charge in [-0.2, -0.15) is 0 Å². The highest BCUT2D eigenvalue weighted by molar-refractivity contribution is 6.32. The molecule has 0 atom stereocenters. The van der Waals surface area contributed by atoms with Gasteiger partial charge >= 0.3 is 0 Å². The van der Waals surface area contributed by atoms with Crippen molar-refractivity contribution in [1.82, 2.24) is 20.3 Å². The first-order chi connectivity index (χ1) is 9.77. The molecule has 0 unspecified atom stereocenters. The zero-order valence-electron chi connectivity index (χ0n) is 10.9. The lowest BCUT2D eigenvalue weighted by molar-refractivity contribution is 0.661. The highest BCUT2D eigenvalue weighted by Crippen LogP contribution is 2.11. The number of rotatable bonds is 7. The molecule has 0 amide bonds. The van der Waals surface area contributed by atoms with E-state index in [4.69, 9.17) is 11.6 Å². The molecule has 2 aromatic heterocycles. The molecule has 2 rings (SSSR count). The number of anilines is 1. The van der Waals surface area contributed by atoms with E-state index in [2.05, 4.69) is 25.6 Å². The summed E-state index contributed by atoms with van der Waals surface area (Å²) >= 11 is 5.82. The lowest BCUT2D eigenvalue weighted by Gasteiger charge is -2.07. The Hall–Kier alpha value is -1.92. The predicted molar refractivity (Wildman–Crippen MR) is 78.9 cm³/mol. The second-order valence-electron chi connectivity index (χ2n) is 4.21. The Morgan fingerprint density at radius 2 is 2.25 bits per heavy atom. The van der Waals surface area contributed by atoms with E-state index in [9.17, 15) is 4.79 Å². The maximum Gasteiger partial charge on any atom is 0.271 e. The fourth-order valence-corrected chi connectivity index (χ4v) is 1.83. The predicted octanol–water partition coefficient (Wildman–Crippen LogP) is 1.41. The molecule has 0 bridgehead atoms. The van der Waals surface area contributed by atoms with Crippen molar-refractivity contribution in [2.24, 2.45) is 0 Å². The molecule has 0 saturated carbocycles. The summed E-state index contributed by atoms with van der Waals surface area (Å²) in [5.41, 5.74) is 0.818. The molecule has 20 heavy (non-hydrogen) atoms. The van der Waals surface area contributed by atoms with Gasteiger partial charge in [0.05, 0.1) is 6.33 Å². The average molecular weight is 294 g/mol. The SMILES string of the molecule is O=c1[nH]cnc(NCCCNCc2cccnc2)c1Cl. The van der Waals surface area contributed by atoms with E-state index in [1.165, 1.54) is 6.33 Å². The van der Waals surface area contributed by atoms with Crippen LogP contribution in [0.4, 0.5) is 5.82 Å². The Morgan fingerprint density at radius 1 is 1.35 bits per heavy atom. The van der Waals surface area contributed by atoms with Crippen molar-refractivity contribution >= 4 is 17.4 Å². The Labute approximate surface area is 121 Å². The van der Waals surface area contributed by atoms with E-state index in [0.717, 1.165) is 25.1 Å². The molecule has 0 spiro atoms. The Morgan fingerprint density at radius 3 is 3.05 bits per heavy atom. The summed E-state index contributed by atoms with van der Waals surface area (Å²) in [5, 5.41) is 6.44. The highest BCUT2D eigenvalue weighted by Gasteiger charge is 2.03. The van der Waals surface area contributed by atoms with Crippen LogP contribution < -0.4 is 16.2 Å². The maximum absolute atomic E-state index is 11.2. The van der Waals surface area contributed by atoms with Gasteiger partial charge in [0.25, 0.3) is 5.56 Å². The molecule has 7 heteroatoms. The number of aromatic amines is 1. The summed E-state index contributed by atoms with van der Waals surface area (Å²) in [6, 6.07) is 3.94. The topological polar surface area (TPSA) is 82.7 Å². The zero-order chi connectivity index (χ0) is 14.2. The minimum atomic E-state index is -0.334. The van der Waals surface area contributed by atoms with E-state index in [-0.39, 0.29) is 10.6 Å². The third-order valence-electron chi connectivity index (χ3n) is 2.67. The summed E-state index contributed by atoms with van der Waals surface area (Å²) in [4.78, 5) is 21.7. The van der Waals surface area contributed by atoms with Gasteiger partial charge in [0.2, 0.25) is 0 Å². The van der Waals surface area contributed by atoms with Crippen LogP contribution in [-0.2, 0) is 6.54 Å². The number of hydrogen-bond acceptors (Lipinski definition) is 5. The number of pyridine rings is 1. The molecule has 0 aliphatic heterocycles. The quantitative estimate of drug-likeness (QED) is 0.672. The zero-order valence-corrected chi connectivity index (χ0v) is 11.7. The van der Waals surface area contributed by atoms with Gasteiger partial charge in [-0.1, -0.05) is 17.7 Å². The summed E-state index contributed by atoms with van der Waals surface area (Å²) < 4.78 is 0. The number of nitrogens with one attached hydrogen (secondary N) is 3. The largest absolute Gasteiger partial charge is 0.369 e. The molecule has 0 aliphatic carbocycles. The van der Waals surface area contributed by atoms with Crippen LogP contribution in [-0.4, -0.2) is 28.0 Å². The van der Waals surface area contributed by atoms with Crippen molar-refractivity contribution in [1.29, 1.82) is 0 Å². The molecular formula is C13H16ClN5O. The van der Waals surface area contributed by atoms with Gasteiger partial charge in [0, 0.05) is 25.5 Å². The van der Waals surface area contributed by atoms with Crippen molar-refractivity contribution in [3.05, 3.63) is 51.8 Å². The molecule has 0 aliphatic rings. The first-order valence-corrected chi connectivity index (χ1v) is 6.72. The fourth-order valence-electron chi connectivity index (χ4n) is 1.66. The molecule has 0 fully saturated rings. The molecule has 0 aromatic carbocycles. The van der Waals surface area contributed by atoms with Gasteiger partial charge in [0.15, 0.2) is 5.82 Å². The molecule has 0 radical (unpaired) electrons. The number of nitrogens with zero attached hydrogens (tertiary/aromatic N) is 2. The molecule has 2 heterocycles. The second kappa shape index (κ2) is 7.62. The van der Waals surface area contributed by atoms with E-state index in [1.54, 1.807) is 6.20 Å². The lowest BCUT2D eigenvalue weighted by Crippen LogP contribution is -2.19. The van der Waals surface area contributed by atoms with Crippen LogP contribution in [0.2, 0.25) is 5.02 Å². The molecule has 3 N–H and O–H groups in total. The van der Waals surface area contributed by atoms with Crippen molar-refractivity contribution in [3.8, 4) is 0 Å². The van der Waals surface area contributed by atoms with Gasteiger partial charge in [-0.3, -0.25) is 9.78 Å². The van der Waals surface area contributed by atoms with Gasteiger partial charge in [-0.25, -0.2) is 4.98 Å². The first kappa shape index (κ1) is 14.5. The van der Waals surface area contributed by atoms with Gasteiger partial charge in [-0.05, 0) is 24.6 Å². The van der Waals surface area contributed by atoms with Gasteiger partial charge in [-0.15, -0.1) is 0 Å². The standard InChI is InChI=1S/C13H16ClN5O/c14-11-12(18-9-19-13(11)20)17-6-2-5-16-8-10-3-1-4-15-7-10/h1,3-4,7,9,16H,2,5-6,8H2,(H2,17,18,19,20). The lowest BCUT2D eigenvalue weighted by atomic mass is 10.3. The van der Waals surface area contributed by atoms with Crippen LogP contribution in [0.5, 0.6) is 0 Å². The van der Waals surface area contributed by atoms with Crippen LogP contribution in [0.3, 0.4) is 0 Å². The Bertz CT molecular complexity index is 587. The van der Waals surface area contributed by atoms with Crippen LogP contribution in [0.15, 0.2) is 35.6 Å². The van der Waals surface area contributed by atoms with Gasteiger partial charge in [0.1, 0.15) is 5.02 Å². The van der Waals surface area contributed by atoms with Crippen LogP contribution in [0, 0.1) is 0 Å². The monoisotopic (exact) mass is 293 g/mol. The highest BCUT2D eigenvalue weighted by atomic mass is 35.5. The summed E-state index contributed by atoms with van der Waals surface area (Å²) in [6.07, 6.45) is 5.82. The summed E-state index contributed by atoms with van der Waals surface area (Å²) in [5.74, 6) is 0.419. The van der Waals surface area contributed by atoms with Crippen LogP contribution in [0.1, 0.15) is 12.0 Å². The van der Waals surface area contributed by atoms with E-state index in [0.29, 0.717) is 12.4 Å².